The molecule has 0 radical (unpaired) electrons. The largest absolute Gasteiger partial charge is 0.633 e. The fourth-order valence-corrected chi connectivity index (χ4v) is 3.37. The molecule has 2 heteroatoms. The topological polar surface area (TPSA) is 23.1 Å². The normalized spacial score (nSPS) is 28.8. The van der Waals surface area contributed by atoms with Crippen LogP contribution in [0.3, 0.4) is 0 Å². The van der Waals surface area contributed by atoms with Crippen LogP contribution in [0, 0.1) is 11.1 Å². The van der Waals surface area contributed by atoms with Gasteiger partial charge in [-0.2, -0.15) is 0 Å². The first-order chi connectivity index (χ1) is 9.12. The summed E-state index contributed by atoms with van der Waals surface area (Å²) < 4.78 is -0.0674. The maximum Gasteiger partial charge on any atom is 0.0816 e. The van der Waals surface area contributed by atoms with Gasteiger partial charge in [0.25, 0.3) is 0 Å². The molecule has 0 spiro atoms. The van der Waals surface area contributed by atoms with E-state index in [0.29, 0.717) is 11.8 Å². The minimum atomic E-state index is -0.0674. The number of hydrogen-bond donors (Lipinski definition) is 0. The van der Waals surface area contributed by atoms with Crippen LogP contribution < -0.4 is 0 Å². The van der Waals surface area contributed by atoms with Gasteiger partial charge in [-0.05, 0) is 37.2 Å². The van der Waals surface area contributed by atoms with E-state index in [4.69, 9.17) is 0 Å². The lowest BCUT2D eigenvalue weighted by Crippen LogP contribution is -2.47. The van der Waals surface area contributed by atoms with Gasteiger partial charge >= 0.3 is 0 Å². The highest BCUT2D eigenvalue weighted by atomic mass is 16.5. The molecule has 1 heterocycles. The van der Waals surface area contributed by atoms with Gasteiger partial charge in [-0.3, -0.25) is 0 Å². The molecule has 2 nitrogen and oxygen atoms in total. The van der Waals surface area contributed by atoms with E-state index >= 15 is 0 Å². The van der Waals surface area contributed by atoms with Crippen LogP contribution >= 0.6 is 0 Å². The summed E-state index contributed by atoms with van der Waals surface area (Å²) in [6.07, 6.45) is 6.37. The van der Waals surface area contributed by atoms with Crippen molar-refractivity contribution in [2.24, 2.45) is 5.92 Å². The number of nitrogens with zero attached hydrogens (tertiary/aromatic N) is 1. The van der Waals surface area contributed by atoms with Crippen LogP contribution in [0.15, 0.2) is 43.0 Å². The van der Waals surface area contributed by atoms with E-state index in [1.165, 1.54) is 12.0 Å². The molecule has 0 saturated carbocycles. The number of allylic oxidation sites excluding steroid dienone is 1. The number of piperidine rings is 1. The molecule has 1 aliphatic heterocycles. The second-order valence-corrected chi connectivity index (χ2v) is 5.99. The van der Waals surface area contributed by atoms with E-state index in [9.17, 15) is 5.21 Å². The molecule has 2 rings (SSSR count). The Labute approximate surface area is 116 Å². The Hall–Kier alpha value is -1.12. The molecule has 19 heavy (non-hydrogen) atoms. The van der Waals surface area contributed by atoms with Crippen molar-refractivity contribution in [1.29, 1.82) is 0 Å². The minimum Gasteiger partial charge on any atom is -0.633 e. The molecule has 1 saturated heterocycles. The fraction of sp³-hybridized carbons (Fsp3) is 0.529. The summed E-state index contributed by atoms with van der Waals surface area (Å²) in [5.74, 6) is 1.02. The highest BCUT2D eigenvalue weighted by molar-refractivity contribution is 5.20. The van der Waals surface area contributed by atoms with Crippen LogP contribution in [-0.4, -0.2) is 24.8 Å². The first-order valence-electron chi connectivity index (χ1n) is 7.34. The Morgan fingerprint density at radius 3 is 2.79 bits per heavy atom. The molecular formula is C17H25NO. The van der Waals surface area contributed by atoms with Crippen LogP contribution in [0.4, 0.5) is 0 Å². The zero-order valence-electron chi connectivity index (χ0n) is 11.9. The molecule has 1 aromatic carbocycles. The number of rotatable bonds is 5. The van der Waals surface area contributed by atoms with Crippen LogP contribution in [0.5, 0.6) is 0 Å². The molecule has 1 aliphatic rings. The third kappa shape index (κ3) is 3.92. The third-order valence-electron chi connectivity index (χ3n) is 4.31. The predicted molar refractivity (Wildman–Crippen MR) is 80.6 cm³/mol. The Balaban J connectivity index is 2.15. The number of hydroxylamine groups is 3. The van der Waals surface area contributed by atoms with Crippen molar-refractivity contribution in [2.75, 3.05) is 20.1 Å². The maximum absolute atomic E-state index is 12.3. The summed E-state index contributed by atoms with van der Waals surface area (Å²) >= 11 is 0. The Morgan fingerprint density at radius 1 is 1.42 bits per heavy atom. The van der Waals surface area contributed by atoms with Gasteiger partial charge in [-0.15, -0.1) is 6.58 Å². The van der Waals surface area contributed by atoms with Gasteiger partial charge in [0, 0.05) is 5.92 Å². The second-order valence-electron chi connectivity index (χ2n) is 5.99. The predicted octanol–water partition coefficient (Wildman–Crippen LogP) is 4.09. The van der Waals surface area contributed by atoms with Crippen molar-refractivity contribution in [3.05, 3.63) is 53.8 Å². The second kappa shape index (κ2) is 6.36. The van der Waals surface area contributed by atoms with Crippen molar-refractivity contribution in [1.82, 2.24) is 0 Å². The van der Waals surface area contributed by atoms with Crippen molar-refractivity contribution in [3.63, 3.8) is 0 Å². The molecule has 1 fully saturated rings. The lowest BCUT2D eigenvalue weighted by Gasteiger charge is -2.46. The van der Waals surface area contributed by atoms with Gasteiger partial charge in [-0.1, -0.05) is 36.4 Å². The molecule has 0 aromatic heterocycles. The van der Waals surface area contributed by atoms with E-state index in [1.807, 2.05) is 13.1 Å². The van der Waals surface area contributed by atoms with Gasteiger partial charge in [0.2, 0.25) is 0 Å². The monoisotopic (exact) mass is 259 g/mol. The van der Waals surface area contributed by atoms with Gasteiger partial charge in [0.05, 0.1) is 20.1 Å². The van der Waals surface area contributed by atoms with Crippen LogP contribution in [0.1, 0.15) is 37.2 Å². The van der Waals surface area contributed by atoms with E-state index in [-0.39, 0.29) is 4.65 Å². The van der Waals surface area contributed by atoms with Crippen molar-refractivity contribution < 1.29 is 4.65 Å². The van der Waals surface area contributed by atoms with Crippen molar-refractivity contribution in [3.8, 4) is 0 Å². The summed E-state index contributed by atoms with van der Waals surface area (Å²) in [6, 6.07) is 10.7. The Morgan fingerprint density at radius 2 is 2.16 bits per heavy atom. The van der Waals surface area contributed by atoms with Gasteiger partial charge < -0.3 is 9.85 Å². The molecule has 0 bridgehead atoms. The van der Waals surface area contributed by atoms with Crippen molar-refractivity contribution in [2.45, 2.75) is 31.6 Å². The van der Waals surface area contributed by atoms with E-state index in [1.54, 1.807) is 0 Å². The average molecular weight is 259 g/mol. The molecule has 1 aromatic rings. The van der Waals surface area contributed by atoms with Gasteiger partial charge in [-0.25, -0.2) is 0 Å². The summed E-state index contributed by atoms with van der Waals surface area (Å²) in [5.41, 5.74) is 1.39. The standard InChI is InChI=1S/C17H25NO/c1-3-4-12-17(15-9-6-5-7-10-15)16-11-8-13-18(2,19)14-16/h3,5-7,9-10,16-17H,1,4,8,11-14H2,2H3. The maximum atomic E-state index is 12.3. The van der Waals surface area contributed by atoms with E-state index in [2.05, 4.69) is 36.9 Å². The Kier molecular flexibility index (Phi) is 4.78. The SMILES string of the molecule is C=CCCC(c1ccccc1)C1CCC[N+](C)([O-])C1. The molecule has 0 aliphatic carbocycles. The summed E-state index contributed by atoms with van der Waals surface area (Å²) in [4.78, 5) is 0. The zero-order valence-corrected chi connectivity index (χ0v) is 11.9. The Bertz CT molecular complexity index is 399. The van der Waals surface area contributed by atoms with Crippen molar-refractivity contribution >= 4 is 0 Å². The molecule has 3 unspecified atom stereocenters. The zero-order chi connectivity index (χ0) is 13.7. The number of quaternary nitrogens is 1. The summed E-state index contributed by atoms with van der Waals surface area (Å²) in [6.45, 7) is 5.37. The molecule has 0 amide bonds. The third-order valence-corrected chi connectivity index (χ3v) is 4.31. The average Bonchev–Trinajstić information content (AvgIpc) is 2.39. The molecule has 3 atom stereocenters. The van der Waals surface area contributed by atoms with E-state index < -0.39 is 0 Å². The van der Waals surface area contributed by atoms with Gasteiger partial charge in [0.1, 0.15) is 0 Å². The number of benzene rings is 1. The lowest BCUT2D eigenvalue weighted by molar-refractivity contribution is -0.870. The summed E-state index contributed by atoms with van der Waals surface area (Å²) in [7, 11) is 1.82. The fourth-order valence-electron chi connectivity index (χ4n) is 3.37. The lowest BCUT2D eigenvalue weighted by atomic mass is 9.78. The van der Waals surface area contributed by atoms with Crippen LogP contribution in [-0.2, 0) is 0 Å². The van der Waals surface area contributed by atoms with E-state index in [0.717, 1.165) is 32.4 Å². The molecule has 104 valence electrons. The summed E-state index contributed by atoms with van der Waals surface area (Å²) in [5, 5.41) is 12.3. The molecular weight excluding hydrogens is 234 g/mol. The first kappa shape index (κ1) is 14.3. The number of hydrogen-bond acceptors (Lipinski definition) is 1. The molecule has 0 N–H and O–H groups in total. The first-order valence-corrected chi connectivity index (χ1v) is 7.34. The highest BCUT2D eigenvalue weighted by Crippen LogP contribution is 2.36. The van der Waals surface area contributed by atoms with Gasteiger partial charge in [0.15, 0.2) is 0 Å². The quantitative estimate of drug-likeness (QED) is 0.444. The van der Waals surface area contributed by atoms with Crippen LogP contribution in [0.25, 0.3) is 0 Å². The van der Waals surface area contributed by atoms with Crippen LogP contribution in [0.2, 0.25) is 0 Å². The smallest absolute Gasteiger partial charge is 0.0816 e. The minimum absolute atomic E-state index is 0.0674. The number of likely N-dealkylation sites (tertiary alicyclic amines) is 1. The highest BCUT2D eigenvalue weighted by Gasteiger charge is 2.31.